The number of carbonyl (C=O) groups is 1. The second-order valence-electron chi connectivity index (χ2n) is 7.24. The van der Waals surface area contributed by atoms with E-state index in [2.05, 4.69) is 53.3 Å². The molecule has 2 aromatic carbocycles. The first-order chi connectivity index (χ1) is 14.5. The summed E-state index contributed by atoms with van der Waals surface area (Å²) in [6.07, 6.45) is 0. The molecule has 158 valence electrons. The molecule has 1 heterocycles. The molecular formula is C24H29N2O3S+. The minimum absolute atomic E-state index is 0.0268. The molecule has 0 saturated carbocycles. The molecule has 0 saturated heterocycles. The molecule has 1 aromatic heterocycles. The van der Waals surface area contributed by atoms with Crippen LogP contribution in [0.15, 0.2) is 60.0 Å². The zero-order chi connectivity index (χ0) is 21.5. The van der Waals surface area contributed by atoms with E-state index in [9.17, 15) is 4.79 Å². The van der Waals surface area contributed by atoms with Gasteiger partial charge in [0.25, 0.3) is 5.91 Å². The minimum atomic E-state index is -0.199. The lowest BCUT2D eigenvalue weighted by Gasteiger charge is -2.19. The topological polar surface area (TPSA) is 64.2 Å². The van der Waals surface area contributed by atoms with Crippen molar-refractivity contribution in [2.75, 3.05) is 20.8 Å². The monoisotopic (exact) mass is 425 g/mol. The Balaban J connectivity index is 1.68. The van der Waals surface area contributed by atoms with Gasteiger partial charge < -0.3 is 20.1 Å². The lowest BCUT2D eigenvalue weighted by atomic mass is 10.0. The van der Waals surface area contributed by atoms with Gasteiger partial charge in [-0.05, 0) is 43.5 Å². The first-order valence-corrected chi connectivity index (χ1v) is 10.8. The van der Waals surface area contributed by atoms with Crippen molar-refractivity contribution < 1.29 is 19.6 Å². The summed E-state index contributed by atoms with van der Waals surface area (Å²) in [6, 6.07) is 18.2. The number of ether oxygens (including phenoxy) is 2. The predicted octanol–water partition coefficient (Wildman–Crippen LogP) is 3.60. The molecule has 3 aromatic rings. The van der Waals surface area contributed by atoms with E-state index in [1.165, 1.54) is 16.0 Å². The highest BCUT2D eigenvalue weighted by Crippen LogP contribution is 2.29. The summed E-state index contributed by atoms with van der Waals surface area (Å²) in [5.74, 6) is 1.43. The highest BCUT2D eigenvalue weighted by atomic mass is 32.1. The van der Waals surface area contributed by atoms with E-state index >= 15 is 0 Å². The van der Waals surface area contributed by atoms with Crippen molar-refractivity contribution in [3.05, 3.63) is 81.5 Å². The molecule has 2 atom stereocenters. The first kappa shape index (κ1) is 21.9. The fourth-order valence-electron chi connectivity index (χ4n) is 3.44. The van der Waals surface area contributed by atoms with Gasteiger partial charge in [0.1, 0.15) is 17.5 Å². The quantitative estimate of drug-likeness (QED) is 0.551. The normalized spacial score (nSPS) is 12.8. The molecule has 30 heavy (non-hydrogen) atoms. The molecule has 1 amide bonds. The van der Waals surface area contributed by atoms with Gasteiger partial charge in [-0.25, -0.2) is 0 Å². The van der Waals surface area contributed by atoms with Crippen LogP contribution in [0.5, 0.6) is 11.5 Å². The fraction of sp³-hybridized carbons (Fsp3) is 0.292. The summed E-state index contributed by atoms with van der Waals surface area (Å²) in [4.78, 5) is 14.0. The summed E-state index contributed by atoms with van der Waals surface area (Å²) in [7, 11) is 3.25. The van der Waals surface area contributed by atoms with Gasteiger partial charge in [-0.2, -0.15) is 0 Å². The number of amides is 1. The van der Waals surface area contributed by atoms with Crippen LogP contribution < -0.4 is 20.1 Å². The highest BCUT2D eigenvalue weighted by Gasteiger charge is 2.21. The Morgan fingerprint density at radius 2 is 1.87 bits per heavy atom. The van der Waals surface area contributed by atoms with E-state index in [0.717, 1.165) is 17.1 Å². The van der Waals surface area contributed by atoms with E-state index in [1.54, 1.807) is 25.6 Å². The van der Waals surface area contributed by atoms with E-state index in [1.807, 2.05) is 31.2 Å². The number of hydrogen-bond donors (Lipinski definition) is 2. The number of benzene rings is 2. The van der Waals surface area contributed by atoms with Gasteiger partial charge >= 0.3 is 0 Å². The standard InChI is InChI=1S/C24H28N2O3S/c1-16-7-9-18(10-8-16)24(22-6-5-13-30-22)25-15-23(27)26-17(2)20-14-19(28-3)11-12-21(20)29-4/h5-14,17,24-25H,15H2,1-4H3,(H,26,27)/p+1/t17-,24+/m0/s1. The number of quaternary nitrogens is 1. The van der Waals surface area contributed by atoms with Crippen molar-refractivity contribution in [3.63, 3.8) is 0 Å². The Hall–Kier alpha value is -2.83. The first-order valence-electron chi connectivity index (χ1n) is 9.96. The van der Waals surface area contributed by atoms with Crippen LogP contribution in [0.2, 0.25) is 0 Å². The molecule has 3 rings (SSSR count). The Labute approximate surface area is 182 Å². The van der Waals surface area contributed by atoms with Gasteiger partial charge in [-0.3, -0.25) is 4.79 Å². The van der Waals surface area contributed by atoms with Crippen LogP contribution in [0.3, 0.4) is 0 Å². The summed E-state index contributed by atoms with van der Waals surface area (Å²) < 4.78 is 10.8. The molecule has 5 nitrogen and oxygen atoms in total. The maximum Gasteiger partial charge on any atom is 0.275 e. The van der Waals surface area contributed by atoms with E-state index < -0.39 is 0 Å². The molecule has 0 unspecified atom stereocenters. The van der Waals surface area contributed by atoms with Gasteiger partial charge in [0, 0.05) is 11.1 Å². The Morgan fingerprint density at radius 1 is 1.10 bits per heavy atom. The molecule has 0 spiro atoms. The number of methoxy groups -OCH3 is 2. The summed E-state index contributed by atoms with van der Waals surface area (Å²) in [5, 5.41) is 7.24. The predicted molar refractivity (Wildman–Crippen MR) is 120 cm³/mol. The number of nitrogens with two attached hydrogens (primary N) is 1. The summed E-state index contributed by atoms with van der Waals surface area (Å²) in [6.45, 7) is 4.36. The molecule has 0 aliphatic heterocycles. The largest absolute Gasteiger partial charge is 0.497 e. The third-order valence-corrected chi connectivity index (χ3v) is 6.06. The fourth-order valence-corrected chi connectivity index (χ4v) is 4.29. The molecule has 0 bridgehead atoms. The van der Waals surface area contributed by atoms with Crippen LogP contribution in [-0.2, 0) is 4.79 Å². The van der Waals surface area contributed by atoms with Crippen LogP contribution in [0.4, 0.5) is 0 Å². The zero-order valence-electron chi connectivity index (χ0n) is 17.8. The van der Waals surface area contributed by atoms with Crippen molar-refractivity contribution in [1.82, 2.24) is 5.32 Å². The van der Waals surface area contributed by atoms with Gasteiger partial charge in [-0.15, -0.1) is 11.3 Å². The Bertz CT molecular complexity index is 955. The number of hydrogen-bond acceptors (Lipinski definition) is 4. The molecule has 0 aliphatic carbocycles. The van der Waals surface area contributed by atoms with Crippen LogP contribution in [-0.4, -0.2) is 26.7 Å². The SMILES string of the molecule is COc1ccc(OC)c([C@H](C)NC(=O)C[NH2+][C@H](c2ccc(C)cc2)c2cccs2)c1. The molecule has 0 aliphatic rings. The molecule has 6 heteroatoms. The number of aryl methyl sites for hydroxylation is 1. The van der Waals surface area contributed by atoms with Gasteiger partial charge in [0.05, 0.1) is 25.1 Å². The van der Waals surface area contributed by atoms with Gasteiger partial charge in [0.15, 0.2) is 6.54 Å². The van der Waals surface area contributed by atoms with Crippen LogP contribution in [0, 0.1) is 6.92 Å². The lowest BCUT2D eigenvalue weighted by molar-refractivity contribution is -0.676. The zero-order valence-corrected chi connectivity index (χ0v) is 18.7. The number of carbonyl (C=O) groups excluding carboxylic acids is 1. The van der Waals surface area contributed by atoms with E-state index in [0.29, 0.717) is 6.54 Å². The van der Waals surface area contributed by atoms with Crippen molar-refractivity contribution in [3.8, 4) is 11.5 Å². The number of rotatable bonds is 9. The molecule has 0 fully saturated rings. The van der Waals surface area contributed by atoms with Crippen LogP contribution in [0.25, 0.3) is 0 Å². The van der Waals surface area contributed by atoms with E-state index in [-0.39, 0.29) is 18.0 Å². The van der Waals surface area contributed by atoms with Gasteiger partial charge in [0.2, 0.25) is 0 Å². The highest BCUT2D eigenvalue weighted by molar-refractivity contribution is 7.10. The second-order valence-corrected chi connectivity index (χ2v) is 8.22. The van der Waals surface area contributed by atoms with Crippen LogP contribution >= 0.6 is 11.3 Å². The average Bonchev–Trinajstić information content (AvgIpc) is 3.29. The van der Waals surface area contributed by atoms with Crippen molar-refractivity contribution in [2.24, 2.45) is 0 Å². The lowest BCUT2D eigenvalue weighted by Crippen LogP contribution is -2.87. The number of nitrogens with one attached hydrogen (secondary N) is 1. The van der Waals surface area contributed by atoms with E-state index in [4.69, 9.17) is 9.47 Å². The third-order valence-electron chi connectivity index (χ3n) is 5.11. The number of thiophene rings is 1. The average molecular weight is 426 g/mol. The molecular weight excluding hydrogens is 396 g/mol. The minimum Gasteiger partial charge on any atom is -0.497 e. The third kappa shape index (κ3) is 5.40. The van der Waals surface area contributed by atoms with Crippen molar-refractivity contribution >= 4 is 17.2 Å². The second kappa shape index (κ2) is 10.3. The maximum absolute atomic E-state index is 12.7. The molecule has 3 N–H and O–H groups in total. The molecule has 0 radical (unpaired) electrons. The Morgan fingerprint density at radius 3 is 2.50 bits per heavy atom. The summed E-state index contributed by atoms with van der Waals surface area (Å²) in [5.41, 5.74) is 3.30. The smallest absolute Gasteiger partial charge is 0.275 e. The van der Waals surface area contributed by atoms with Crippen molar-refractivity contribution in [1.29, 1.82) is 0 Å². The summed E-state index contributed by atoms with van der Waals surface area (Å²) >= 11 is 1.71. The van der Waals surface area contributed by atoms with Crippen molar-refractivity contribution in [2.45, 2.75) is 25.9 Å². The van der Waals surface area contributed by atoms with Gasteiger partial charge in [-0.1, -0.05) is 35.9 Å². The van der Waals surface area contributed by atoms with Crippen LogP contribution in [0.1, 0.15) is 40.6 Å². The Kier molecular flexibility index (Phi) is 7.49. The maximum atomic E-state index is 12.7.